The Labute approximate surface area is 135 Å². The average molecular weight is 322 g/mol. The highest BCUT2D eigenvalue weighted by molar-refractivity contribution is 5.69. The highest BCUT2D eigenvalue weighted by atomic mass is 16.6. The molecule has 1 aromatic carbocycles. The summed E-state index contributed by atoms with van der Waals surface area (Å²) in [6.45, 7) is 7.40. The van der Waals surface area contributed by atoms with Crippen molar-refractivity contribution in [2.45, 2.75) is 51.7 Å². The molecule has 7 heteroatoms. The number of carbonyl (C=O) groups excluding carboxylic acids is 1. The fourth-order valence-electron chi connectivity index (χ4n) is 2.12. The van der Waals surface area contributed by atoms with Crippen LogP contribution >= 0.6 is 0 Å². The summed E-state index contributed by atoms with van der Waals surface area (Å²) in [4.78, 5) is 22.2. The Morgan fingerprint density at radius 3 is 2.52 bits per heavy atom. The van der Waals surface area contributed by atoms with Crippen LogP contribution in [0.5, 0.6) is 5.75 Å². The molecule has 0 atom stereocenters. The first-order valence-corrected chi connectivity index (χ1v) is 7.49. The number of nitro benzene ring substituents is 1. The third-order valence-electron chi connectivity index (χ3n) is 3.50. The van der Waals surface area contributed by atoms with E-state index >= 15 is 0 Å². The Kier molecular flexibility index (Phi) is 4.49. The molecule has 1 aliphatic carbocycles. The van der Waals surface area contributed by atoms with Gasteiger partial charge in [-0.15, -0.1) is 0 Å². The number of hydrogen-bond acceptors (Lipinski definition) is 5. The Bertz CT molecular complexity index is 617. The number of alkyl carbamates (subject to hydrolysis) is 1. The van der Waals surface area contributed by atoms with E-state index in [9.17, 15) is 14.9 Å². The van der Waals surface area contributed by atoms with E-state index in [4.69, 9.17) is 9.47 Å². The van der Waals surface area contributed by atoms with Gasteiger partial charge in [0.15, 0.2) is 0 Å². The van der Waals surface area contributed by atoms with Gasteiger partial charge in [0.25, 0.3) is 5.69 Å². The summed E-state index contributed by atoms with van der Waals surface area (Å²) in [5.74, 6) is 0.547. The van der Waals surface area contributed by atoms with Crippen LogP contribution in [0.2, 0.25) is 0 Å². The number of amides is 1. The summed E-state index contributed by atoms with van der Waals surface area (Å²) in [6, 6.07) is 4.61. The largest absolute Gasteiger partial charge is 0.491 e. The molecule has 1 fully saturated rings. The second kappa shape index (κ2) is 6.06. The maximum absolute atomic E-state index is 11.8. The lowest BCUT2D eigenvalue weighted by molar-refractivity contribution is -0.385. The van der Waals surface area contributed by atoms with Crippen LogP contribution in [0.1, 0.15) is 39.2 Å². The van der Waals surface area contributed by atoms with Gasteiger partial charge in [-0.3, -0.25) is 10.1 Å². The normalized spacial score (nSPS) is 15.7. The first kappa shape index (κ1) is 17.1. The molecule has 1 aromatic rings. The second-order valence-electron chi connectivity index (χ2n) is 6.90. The number of nitrogens with zero attached hydrogens (tertiary/aromatic N) is 1. The number of benzene rings is 1. The van der Waals surface area contributed by atoms with Crippen LogP contribution in [-0.2, 0) is 4.74 Å². The van der Waals surface area contributed by atoms with Crippen LogP contribution < -0.4 is 10.1 Å². The molecule has 0 bridgehead atoms. The highest BCUT2D eigenvalue weighted by Crippen LogP contribution is 2.36. The summed E-state index contributed by atoms with van der Waals surface area (Å²) in [5, 5.41) is 13.6. The van der Waals surface area contributed by atoms with E-state index in [0.29, 0.717) is 17.9 Å². The van der Waals surface area contributed by atoms with Gasteiger partial charge in [0.05, 0.1) is 10.5 Å². The van der Waals surface area contributed by atoms with Crippen LogP contribution in [0.4, 0.5) is 10.5 Å². The number of aryl methyl sites for hydroxylation is 1. The van der Waals surface area contributed by atoms with Crippen LogP contribution in [0.3, 0.4) is 0 Å². The molecule has 0 aromatic heterocycles. The van der Waals surface area contributed by atoms with E-state index < -0.39 is 22.2 Å². The SMILES string of the molecule is Cc1cc(OCC2(NC(=O)OC(C)(C)C)CC2)ccc1[N+](=O)[O-]. The Hall–Kier alpha value is -2.31. The lowest BCUT2D eigenvalue weighted by Gasteiger charge is -2.23. The zero-order valence-electron chi connectivity index (χ0n) is 13.8. The summed E-state index contributed by atoms with van der Waals surface area (Å²) in [5.41, 5.74) is -0.350. The van der Waals surface area contributed by atoms with E-state index in [-0.39, 0.29) is 5.69 Å². The molecule has 0 aliphatic heterocycles. The smallest absolute Gasteiger partial charge is 0.408 e. The molecule has 0 heterocycles. The molecule has 126 valence electrons. The Balaban J connectivity index is 1.91. The predicted octanol–water partition coefficient (Wildman–Crippen LogP) is 3.34. The van der Waals surface area contributed by atoms with Gasteiger partial charge >= 0.3 is 6.09 Å². The van der Waals surface area contributed by atoms with Gasteiger partial charge in [0.2, 0.25) is 0 Å². The van der Waals surface area contributed by atoms with E-state index in [0.717, 1.165) is 12.8 Å². The summed E-state index contributed by atoms with van der Waals surface area (Å²) >= 11 is 0. The molecular formula is C16H22N2O5. The van der Waals surface area contributed by atoms with Gasteiger partial charge in [-0.1, -0.05) is 0 Å². The minimum absolute atomic E-state index is 0.0605. The number of ether oxygens (including phenoxy) is 2. The fourth-order valence-corrected chi connectivity index (χ4v) is 2.12. The molecule has 0 spiro atoms. The van der Waals surface area contributed by atoms with Crippen molar-refractivity contribution in [3.63, 3.8) is 0 Å². The minimum Gasteiger partial charge on any atom is -0.491 e. The van der Waals surface area contributed by atoms with E-state index in [1.54, 1.807) is 19.1 Å². The topological polar surface area (TPSA) is 90.7 Å². The second-order valence-corrected chi connectivity index (χ2v) is 6.90. The molecule has 1 amide bonds. The molecule has 7 nitrogen and oxygen atoms in total. The van der Waals surface area contributed by atoms with Crippen LogP contribution in [0.15, 0.2) is 18.2 Å². The van der Waals surface area contributed by atoms with E-state index in [1.807, 2.05) is 20.8 Å². The average Bonchev–Trinajstić information content (AvgIpc) is 3.13. The monoisotopic (exact) mass is 322 g/mol. The summed E-state index contributed by atoms with van der Waals surface area (Å²) in [6.07, 6.45) is 1.18. The van der Waals surface area contributed by atoms with Gasteiger partial charge in [-0.25, -0.2) is 4.79 Å². The van der Waals surface area contributed by atoms with Crippen molar-refractivity contribution in [3.8, 4) is 5.75 Å². The third kappa shape index (κ3) is 4.84. The molecule has 1 N–H and O–H groups in total. The predicted molar refractivity (Wildman–Crippen MR) is 84.7 cm³/mol. The lowest BCUT2D eigenvalue weighted by Crippen LogP contribution is -2.44. The van der Waals surface area contributed by atoms with Crippen molar-refractivity contribution in [3.05, 3.63) is 33.9 Å². The van der Waals surface area contributed by atoms with Crippen molar-refractivity contribution in [1.29, 1.82) is 0 Å². The number of rotatable bonds is 5. The maximum atomic E-state index is 11.8. The van der Waals surface area contributed by atoms with Crippen LogP contribution in [0, 0.1) is 17.0 Å². The number of hydrogen-bond donors (Lipinski definition) is 1. The third-order valence-corrected chi connectivity index (χ3v) is 3.50. The molecule has 0 radical (unpaired) electrons. The zero-order chi connectivity index (χ0) is 17.3. The highest BCUT2D eigenvalue weighted by Gasteiger charge is 2.46. The van der Waals surface area contributed by atoms with E-state index in [1.165, 1.54) is 6.07 Å². The maximum Gasteiger partial charge on any atom is 0.408 e. The lowest BCUT2D eigenvalue weighted by atomic mass is 10.2. The van der Waals surface area contributed by atoms with Crippen LogP contribution in [0.25, 0.3) is 0 Å². The van der Waals surface area contributed by atoms with Crippen molar-refractivity contribution >= 4 is 11.8 Å². The molecular weight excluding hydrogens is 300 g/mol. The van der Waals surface area contributed by atoms with Gasteiger partial charge in [0, 0.05) is 11.6 Å². The molecule has 0 unspecified atom stereocenters. The summed E-state index contributed by atoms with van der Waals surface area (Å²) in [7, 11) is 0. The zero-order valence-corrected chi connectivity index (χ0v) is 13.8. The van der Waals surface area contributed by atoms with Crippen molar-refractivity contribution in [1.82, 2.24) is 5.32 Å². The summed E-state index contributed by atoms with van der Waals surface area (Å²) < 4.78 is 10.9. The van der Waals surface area contributed by atoms with Crippen LogP contribution in [-0.4, -0.2) is 28.8 Å². The van der Waals surface area contributed by atoms with Gasteiger partial charge < -0.3 is 14.8 Å². The molecule has 1 saturated carbocycles. The number of carbonyl (C=O) groups is 1. The van der Waals surface area contributed by atoms with Crippen molar-refractivity contribution in [2.24, 2.45) is 0 Å². The standard InChI is InChI=1S/C16H22N2O5/c1-11-9-12(5-6-13(11)18(20)21)22-10-16(7-8-16)17-14(19)23-15(2,3)4/h5-6,9H,7-8,10H2,1-4H3,(H,17,19). The minimum atomic E-state index is -0.545. The van der Waals surface area contributed by atoms with E-state index in [2.05, 4.69) is 5.32 Å². The Morgan fingerprint density at radius 2 is 2.04 bits per heavy atom. The fraction of sp³-hybridized carbons (Fsp3) is 0.562. The number of nitrogens with one attached hydrogen (secondary N) is 1. The molecule has 1 aliphatic rings. The molecule has 23 heavy (non-hydrogen) atoms. The number of nitro groups is 1. The van der Waals surface area contributed by atoms with Gasteiger partial charge in [0.1, 0.15) is 18.0 Å². The first-order valence-electron chi connectivity index (χ1n) is 7.49. The quantitative estimate of drug-likeness (QED) is 0.663. The molecule has 2 rings (SSSR count). The van der Waals surface area contributed by atoms with Gasteiger partial charge in [-0.2, -0.15) is 0 Å². The first-order chi connectivity index (χ1) is 10.6. The van der Waals surface area contributed by atoms with Gasteiger partial charge in [-0.05, 0) is 52.7 Å². The van der Waals surface area contributed by atoms with Crippen molar-refractivity contribution in [2.75, 3.05) is 6.61 Å². The molecule has 0 saturated heterocycles. The van der Waals surface area contributed by atoms with Crippen molar-refractivity contribution < 1.29 is 19.2 Å². The Morgan fingerprint density at radius 1 is 1.39 bits per heavy atom.